The van der Waals surface area contributed by atoms with Gasteiger partial charge in [-0.15, -0.1) is 0 Å². The van der Waals surface area contributed by atoms with Crippen molar-refractivity contribution < 1.29 is 123 Å². The molecule has 0 aromatic carbocycles. The van der Waals surface area contributed by atoms with Crippen molar-refractivity contribution in [3.63, 3.8) is 0 Å². The first kappa shape index (κ1) is 20.5. The molecule has 0 amide bonds. The van der Waals surface area contributed by atoms with Gasteiger partial charge in [-0.1, -0.05) is 0 Å². The van der Waals surface area contributed by atoms with E-state index in [-0.39, 0.29) is 116 Å². The summed E-state index contributed by atoms with van der Waals surface area (Å²) in [7, 11) is 0. The quantitative estimate of drug-likeness (QED) is 0.475. The predicted molar refractivity (Wildman–Crippen MR) is 42.9 cm³/mol. The summed E-state index contributed by atoms with van der Waals surface area (Å²) in [5.41, 5.74) is 0. The molecule has 1 rings (SSSR count). The molecule has 80 valence electrons. The standard InChI is InChI=1S/C8H14N2O4.2K/c11-7(12)5-9-1-2-10(4-3-9)6-8(13)14;;/h1-6H2,(H,11,12)(H,13,14);;/q;2*+1/p-2. The second-order valence-electron chi connectivity index (χ2n) is 3.30. The van der Waals surface area contributed by atoms with Gasteiger partial charge in [0.05, 0.1) is 11.9 Å². The average Bonchev–Trinajstić information content (AvgIpc) is 2.06. The summed E-state index contributed by atoms with van der Waals surface area (Å²) in [5, 5.41) is 20.5. The summed E-state index contributed by atoms with van der Waals surface area (Å²) in [6.07, 6.45) is 0. The van der Waals surface area contributed by atoms with E-state index in [1.165, 1.54) is 0 Å². The molecule has 1 fully saturated rings. The fourth-order valence-corrected chi connectivity index (χ4v) is 1.47. The van der Waals surface area contributed by atoms with Crippen molar-refractivity contribution in [2.75, 3.05) is 39.3 Å². The van der Waals surface area contributed by atoms with Crippen LogP contribution >= 0.6 is 0 Å². The maximum Gasteiger partial charge on any atom is 1.00 e. The molecular weight excluding hydrogens is 266 g/mol. The summed E-state index contributed by atoms with van der Waals surface area (Å²) >= 11 is 0. The van der Waals surface area contributed by atoms with Crippen molar-refractivity contribution in [3.8, 4) is 0 Å². The first-order valence-corrected chi connectivity index (χ1v) is 4.42. The van der Waals surface area contributed by atoms with Crippen LogP contribution in [0.3, 0.4) is 0 Å². The minimum atomic E-state index is -1.10. The van der Waals surface area contributed by atoms with Crippen molar-refractivity contribution in [1.29, 1.82) is 0 Å². The van der Waals surface area contributed by atoms with Crippen molar-refractivity contribution in [1.82, 2.24) is 9.80 Å². The molecule has 1 saturated heterocycles. The molecule has 0 atom stereocenters. The van der Waals surface area contributed by atoms with E-state index in [0.29, 0.717) is 26.2 Å². The number of carboxylic acids is 2. The molecule has 1 aliphatic heterocycles. The predicted octanol–water partition coefficient (Wildman–Crippen LogP) is -9.89. The van der Waals surface area contributed by atoms with Crippen molar-refractivity contribution >= 4 is 11.9 Å². The Labute approximate surface area is 180 Å². The van der Waals surface area contributed by atoms with Gasteiger partial charge in [0.2, 0.25) is 0 Å². The van der Waals surface area contributed by atoms with E-state index in [0.717, 1.165) is 0 Å². The molecule has 0 saturated carbocycles. The van der Waals surface area contributed by atoms with Crippen LogP contribution in [0.5, 0.6) is 0 Å². The number of carbonyl (C=O) groups excluding carboxylic acids is 2. The SMILES string of the molecule is O=C([O-])CN1CCN(CC(=O)[O-])CC1.[K+].[K+]. The van der Waals surface area contributed by atoms with Crippen LogP contribution in [0.2, 0.25) is 0 Å². The number of nitrogens with zero attached hydrogens (tertiary/aromatic N) is 2. The van der Waals surface area contributed by atoms with E-state index in [9.17, 15) is 19.8 Å². The van der Waals surface area contributed by atoms with Gasteiger partial charge in [-0.25, -0.2) is 0 Å². The topological polar surface area (TPSA) is 86.7 Å². The van der Waals surface area contributed by atoms with Gasteiger partial charge in [0.25, 0.3) is 0 Å². The Morgan fingerprint density at radius 1 is 0.812 bits per heavy atom. The summed E-state index contributed by atoms with van der Waals surface area (Å²) < 4.78 is 0. The van der Waals surface area contributed by atoms with Crippen LogP contribution in [-0.4, -0.2) is 61.0 Å². The Morgan fingerprint density at radius 3 is 1.25 bits per heavy atom. The van der Waals surface area contributed by atoms with E-state index in [1.807, 2.05) is 0 Å². The number of aliphatic carboxylic acids is 2. The van der Waals surface area contributed by atoms with Crippen LogP contribution in [0.25, 0.3) is 0 Å². The third-order valence-electron chi connectivity index (χ3n) is 2.17. The minimum Gasteiger partial charge on any atom is -0.549 e. The van der Waals surface area contributed by atoms with E-state index in [1.54, 1.807) is 9.80 Å². The van der Waals surface area contributed by atoms with Gasteiger partial charge in [-0.2, -0.15) is 0 Å². The van der Waals surface area contributed by atoms with Gasteiger partial charge < -0.3 is 19.8 Å². The van der Waals surface area contributed by atoms with Gasteiger partial charge in [0.1, 0.15) is 0 Å². The number of carboxylic acid groups (broad SMARTS) is 2. The van der Waals surface area contributed by atoms with Crippen molar-refractivity contribution in [2.24, 2.45) is 0 Å². The zero-order chi connectivity index (χ0) is 10.6. The summed E-state index contributed by atoms with van der Waals surface area (Å²) in [6.45, 7) is 2.06. The molecule has 8 heteroatoms. The molecule has 0 bridgehead atoms. The van der Waals surface area contributed by atoms with E-state index >= 15 is 0 Å². The van der Waals surface area contributed by atoms with Crippen LogP contribution < -0.4 is 113 Å². The largest absolute Gasteiger partial charge is 1.00 e. The summed E-state index contributed by atoms with van der Waals surface area (Å²) in [6, 6.07) is 0. The van der Waals surface area contributed by atoms with Gasteiger partial charge in [-0.3, -0.25) is 9.80 Å². The molecule has 16 heavy (non-hydrogen) atoms. The number of hydrogen-bond acceptors (Lipinski definition) is 6. The normalized spacial score (nSPS) is 17.0. The number of carbonyl (C=O) groups is 2. The zero-order valence-electron chi connectivity index (χ0n) is 9.77. The maximum absolute atomic E-state index is 10.3. The van der Waals surface area contributed by atoms with Crippen LogP contribution in [0.4, 0.5) is 0 Å². The van der Waals surface area contributed by atoms with Crippen LogP contribution in [-0.2, 0) is 9.59 Å². The van der Waals surface area contributed by atoms with Crippen molar-refractivity contribution in [3.05, 3.63) is 0 Å². The molecule has 0 aliphatic carbocycles. The first-order valence-electron chi connectivity index (χ1n) is 4.42. The second-order valence-corrected chi connectivity index (χ2v) is 3.30. The summed E-state index contributed by atoms with van der Waals surface area (Å²) in [5.74, 6) is -2.20. The van der Waals surface area contributed by atoms with E-state index < -0.39 is 11.9 Å². The fraction of sp³-hybridized carbons (Fsp3) is 0.750. The smallest absolute Gasteiger partial charge is 0.549 e. The Balaban J connectivity index is 0. The molecule has 0 unspecified atom stereocenters. The van der Waals surface area contributed by atoms with Crippen molar-refractivity contribution in [2.45, 2.75) is 0 Å². The molecular formula is C8H12K2N2O4. The second kappa shape index (κ2) is 11.0. The van der Waals surface area contributed by atoms with Gasteiger partial charge in [-0.05, 0) is 0 Å². The molecule has 1 heterocycles. The third kappa shape index (κ3) is 9.11. The van der Waals surface area contributed by atoms with Gasteiger partial charge in [0.15, 0.2) is 0 Å². The number of rotatable bonds is 4. The first-order chi connectivity index (χ1) is 6.58. The maximum atomic E-state index is 10.3. The molecule has 6 nitrogen and oxygen atoms in total. The van der Waals surface area contributed by atoms with E-state index in [4.69, 9.17) is 0 Å². The molecule has 0 aromatic rings. The Morgan fingerprint density at radius 2 is 1.06 bits per heavy atom. The van der Waals surface area contributed by atoms with Gasteiger partial charge >= 0.3 is 103 Å². The molecule has 0 radical (unpaired) electrons. The number of piperazine rings is 1. The molecule has 0 aromatic heterocycles. The minimum absolute atomic E-state index is 0. The van der Waals surface area contributed by atoms with Crippen LogP contribution in [0, 0.1) is 0 Å². The fourth-order valence-electron chi connectivity index (χ4n) is 1.47. The van der Waals surface area contributed by atoms with E-state index in [2.05, 4.69) is 0 Å². The Kier molecular flexibility index (Phi) is 14.1. The van der Waals surface area contributed by atoms with Crippen LogP contribution in [0.15, 0.2) is 0 Å². The summed E-state index contributed by atoms with van der Waals surface area (Å²) in [4.78, 5) is 24.0. The Bertz CT molecular complexity index is 208. The Hall–Kier alpha value is 2.13. The van der Waals surface area contributed by atoms with Crippen LogP contribution in [0.1, 0.15) is 0 Å². The third-order valence-corrected chi connectivity index (χ3v) is 2.17. The average molecular weight is 278 g/mol. The van der Waals surface area contributed by atoms with Gasteiger partial charge in [0, 0.05) is 39.3 Å². The molecule has 0 spiro atoms. The molecule has 1 aliphatic rings. The zero-order valence-corrected chi connectivity index (χ0v) is 16.0. The molecule has 0 N–H and O–H groups in total. The monoisotopic (exact) mass is 278 g/mol. The number of hydrogen-bond donors (Lipinski definition) is 0.